The molecule has 0 radical (unpaired) electrons. The highest BCUT2D eigenvalue weighted by molar-refractivity contribution is 5.40. The Bertz CT molecular complexity index is 555. The minimum absolute atomic E-state index is 0.128. The Kier molecular flexibility index (Phi) is 5.24. The molecule has 0 saturated heterocycles. The van der Waals surface area contributed by atoms with Crippen molar-refractivity contribution in [2.75, 3.05) is 6.54 Å². The Morgan fingerprint density at radius 2 is 1.76 bits per heavy atom. The quantitative estimate of drug-likeness (QED) is 0.786. The van der Waals surface area contributed by atoms with Crippen LogP contribution in [-0.2, 0) is 0 Å². The number of hydrogen-bond donors (Lipinski definition) is 1. The molecule has 1 N–H and O–H groups in total. The van der Waals surface area contributed by atoms with Gasteiger partial charge in [0.15, 0.2) is 0 Å². The van der Waals surface area contributed by atoms with Crippen LogP contribution in [0.5, 0.6) is 0 Å². The Balaban J connectivity index is 2.49. The highest BCUT2D eigenvalue weighted by Gasteiger charge is 2.21. The second kappa shape index (κ2) is 6.95. The van der Waals surface area contributed by atoms with Crippen LogP contribution in [0.3, 0.4) is 0 Å². The fraction of sp³-hybridized carbons (Fsp3) is 0.474. The van der Waals surface area contributed by atoms with Crippen LogP contribution in [-0.4, -0.2) is 6.54 Å². The summed E-state index contributed by atoms with van der Waals surface area (Å²) in [5.41, 5.74) is 4.13. The SMILES string of the molecule is CCNC(c1ccco1)c1ccc(C(C)C)cc1C(C)C. The average Bonchev–Trinajstić information content (AvgIpc) is 2.98. The van der Waals surface area contributed by atoms with Gasteiger partial charge in [-0.05, 0) is 47.2 Å². The summed E-state index contributed by atoms with van der Waals surface area (Å²) in [5.74, 6) is 2.03. The number of hydrogen-bond acceptors (Lipinski definition) is 2. The summed E-state index contributed by atoms with van der Waals surface area (Å²) < 4.78 is 5.65. The molecule has 1 aromatic carbocycles. The van der Waals surface area contributed by atoms with Crippen molar-refractivity contribution in [1.29, 1.82) is 0 Å². The van der Waals surface area contributed by atoms with Crippen molar-refractivity contribution in [3.8, 4) is 0 Å². The molecular weight excluding hydrogens is 258 g/mol. The highest BCUT2D eigenvalue weighted by Crippen LogP contribution is 2.32. The molecule has 2 heteroatoms. The summed E-state index contributed by atoms with van der Waals surface area (Å²) in [6.45, 7) is 12.0. The largest absolute Gasteiger partial charge is 0.467 e. The van der Waals surface area contributed by atoms with Crippen molar-refractivity contribution in [2.45, 2.75) is 52.5 Å². The highest BCUT2D eigenvalue weighted by atomic mass is 16.3. The van der Waals surface area contributed by atoms with Gasteiger partial charge in [0.1, 0.15) is 5.76 Å². The average molecular weight is 285 g/mol. The van der Waals surface area contributed by atoms with Crippen molar-refractivity contribution in [3.05, 3.63) is 59.0 Å². The van der Waals surface area contributed by atoms with Crippen LogP contribution in [0.1, 0.15) is 74.9 Å². The van der Waals surface area contributed by atoms with E-state index in [1.165, 1.54) is 16.7 Å². The topological polar surface area (TPSA) is 25.2 Å². The van der Waals surface area contributed by atoms with Gasteiger partial charge >= 0.3 is 0 Å². The molecule has 2 rings (SSSR count). The summed E-state index contributed by atoms with van der Waals surface area (Å²) in [4.78, 5) is 0. The Labute approximate surface area is 128 Å². The molecule has 0 saturated carbocycles. The molecule has 0 spiro atoms. The third-order valence-corrected chi connectivity index (χ3v) is 3.95. The Morgan fingerprint density at radius 1 is 1.00 bits per heavy atom. The first kappa shape index (κ1) is 15.8. The van der Waals surface area contributed by atoms with E-state index in [2.05, 4.69) is 58.1 Å². The molecule has 1 atom stereocenters. The third kappa shape index (κ3) is 3.56. The van der Waals surface area contributed by atoms with E-state index in [0.29, 0.717) is 11.8 Å². The normalized spacial score (nSPS) is 13.1. The summed E-state index contributed by atoms with van der Waals surface area (Å²) in [7, 11) is 0. The summed E-state index contributed by atoms with van der Waals surface area (Å²) in [6.07, 6.45) is 1.75. The van der Waals surface area contributed by atoms with E-state index in [1.807, 2.05) is 12.1 Å². The monoisotopic (exact) mass is 285 g/mol. The standard InChI is InChI=1S/C19H27NO/c1-6-20-19(18-8-7-11-21-18)16-10-9-15(13(2)3)12-17(16)14(4)5/h7-14,19-20H,6H2,1-5H3. The van der Waals surface area contributed by atoms with Crippen molar-refractivity contribution >= 4 is 0 Å². The second-order valence-corrected chi connectivity index (χ2v) is 6.20. The molecule has 114 valence electrons. The number of furan rings is 1. The molecule has 0 bridgehead atoms. The van der Waals surface area contributed by atoms with Crippen LogP contribution in [0.25, 0.3) is 0 Å². The minimum atomic E-state index is 0.128. The number of nitrogens with one attached hydrogen (secondary N) is 1. The van der Waals surface area contributed by atoms with Gasteiger partial charge in [-0.25, -0.2) is 0 Å². The van der Waals surface area contributed by atoms with Crippen LogP contribution < -0.4 is 5.32 Å². The molecule has 0 fully saturated rings. The zero-order valence-electron chi connectivity index (χ0n) is 13.8. The number of rotatable bonds is 6. The third-order valence-electron chi connectivity index (χ3n) is 3.95. The molecule has 0 aliphatic heterocycles. The molecule has 1 unspecified atom stereocenters. The van der Waals surface area contributed by atoms with E-state index >= 15 is 0 Å². The first-order valence-electron chi connectivity index (χ1n) is 7.95. The Hall–Kier alpha value is -1.54. The van der Waals surface area contributed by atoms with Gasteiger partial charge in [-0.15, -0.1) is 0 Å². The lowest BCUT2D eigenvalue weighted by Crippen LogP contribution is -2.23. The van der Waals surface area contributed by atoms with Crippen molar-refractivity contribution < 1.29 is 4.42 Å². The van der Waals surface area contributed by atoms with Crippen LogP contribution in [0.4, 0.5) is 0 Å². The second-order valence-electron chi connectivity index (χ2n) is 6.20. The van der Waals surface area contributed by atoms with Gasteiger partial charge in [0.05, 0.1) is 12.3 Å². The zero-order chi connectivity index (χ0) is 15.4. The number of benzene rings is 1. The maximum absolute atomic E-state index is 5.65. The van der Waals surface area contributed by atoms with Crippen LogP contribution in [0.2, 0.25) is 0 Å². The van der Waals surface area contributed by atoms with Crippen molar-refractivity contribution in [3.63, 3.8) is 0 Å². The van der Waals surface area contributed by atoms with Gasteiger partial charge < -0.3 is 9.73 Å². The first-order valence-corrected chi connectivity index (χ1v) is 7.95. The van der Waals surface area contributed by atoms with Gasteiger partial charge in [0.2, 0.25) is 0 Å². The lowest BCUT2D eigenvalue weighted by atomic mass is 9.88. The van der Waals surface area contributed by atoms with E-state index in [1.54, 1.807) is 6.26 Å². The molecule has 21 heavy (non-hydrogen) atoms. The van der Waals surface area contributed by atoms with Gasteiger partial charge in [-0.3, -0.25) is 0 Å². The van der Waals surface area contributed by atoms with Gasteiger partial charge in [-0.1, -0.05) is 52.8 Å². The fourth-order valence-electron chi connectivity index (χ4n) is 2.74. The summed E-state index contributed by atoms with van der Waals surface area (Å²) in [5, 5.41) is 3.55. The molecule has 0 aliphatic rings. The molecule has 1 heterocycles. The lowest BCUT2D eigenvalue weighted by Gasteiger charge is -2.23. The first-order chi connectivity index (χ1) is 10.0. The molecule has 0 amide bonds. The molecular formula is C19H27NO. The molecule has 2 nitrogen and oxygen atoms in total. The van der Waals surface area contributed by atoms with Crippen LogP contribution in [0, 0.1) is 0 Å². The maximum atomic E-state index is 5.65. The van der Waals surface area contributed by atoms with E-state index in [0.717, 1.165) is 12.3 Å². The van der Waals surface area contributed by atoms with Crippen LogP contribution in [0.15, 0.2) is 41.0 Å². The smallest absolute Gasteiger partial charge is 0.125 e. The lowest BCUT2D eigenvalue weighted by molar-refractivity contribution is 0.450. The van der Waals surface area contributed by atoms with Crippen molar-refractivity contribution in [1.82, 2.24) is 5.32 Å². The maximum Gasteiger partial charge on any atom is 0.125 e. The predicted octanol–water partition coefficient (Wildman–Crippen LogP) is 5.23. The summed E-state index contributed by atoms with van der Waals surface area (Å²) in [6, 6.07) is 11.0. The molecule has 1 aromatic heterocycles. The van der Waals surface area contributed by atoms with Gasteiger partial charge in [0, 0.05) is 0 Å². The van der Waals surface area contributed by atoms with Gasteiger partial charge in [0.25, 0.3) is 0 Å². The van der Waals surface area contributed by atoms with E-state index in [9.17, 15) is 0 Å². The van der Waals surface area contributed by atoms with E-state index in [-0.39, 0.29) is 6.04 Å². The fourth-order valence-corrected chi connectivity index (χ4v) is 2.74. The predicted molar refractivity (Wildman–Crippen MR) is 88.8 cm³/mol. The molecule has 0 aliphatic carbocycles. The van der Waals surface area contributed by atoms with Crippen molar-refractivity contribution in [2.24, 2.45) is 0 Å². The van der Waals surface area contributed by atoms with Gasteiger partial charge in [-0.2, -0.15) is 0 Å². The van der Waals surface area contributed by atoms with Crippen LogP contribution >= 0.6 is 0 Å². The van der Waals surface area contributed by atoms with E-state index in [4.69, 9.17) is 4.42 Å². The Morgan fingerprint density at radius 3 is 2.29 bits per heavy atom. The minimum Gasteiger partial charge on any atom is -0.467 e. The summed E-state index contributed by atoms with van der Waals surface area (Å²) >= 11 is 0. The van der Waals surface area contributed by atoms with E-state index < -0.39 is 0 Å². The molecule has 2 aromatic rings. The zero-order valence-corrected chi connectivity index (χ0v) is 13.8.